The van der Waals surface area contributed by atoms with E-state index < -0.39 is 12.8 Å². The fraction of sp³-hybridized carbons (Fsp3) is 0.571. The van der Waals surface area contributed by atoms with E-state index in [-0.39, 0.29) is 24.4 Å². The Labute approximate surface area is 217 Å². The molecule has 2 heterocycles. The van der Waals surface area contributed by atoms with Crippen LogP contribution >= 0.6 is 0 Å². The van der Waals surface area contributed by atoms with E-state index in [2.05, 4.69) is 27.3 Å². The third-order valence-corrected chi connectivity index (χ3v) is 6.91. The molecule has 2 aromatic rings. The van der Waals surface area contributed by atoms with Crippen molar-refractivity contribution in [1.29, 1.82) is 0 Å². The molecule has 6 nitrogen and oxygen atoms in total. The number of amides is 1. The van der Waals surface area contributed by atoms with Crippen LogP contribution in [-0.2, 0) is 4.74 Å². The van der Waals surface area contributed by atoms with Gasteiger partial charge in [0.25, 0.3) is 5.91 Å². The quantitative estimate of drug-likeness (QED) is 0.431. The average Bonchev–Trinajstić information content (AvgIpc) is 3.37. The van der Waals surface area contributed by atoms with Crippen LogP contribution in [0, 0.1) is 0 Å². The lowest BCUT2D eigenvalue weighted by Crippen LogP contribution is -2.36. The number of ether oxygens (including phenoxy) is 1. The van der Waals surface area contributed by atoms with Crippen LogP contribution in [0.1, 0.15) is 74.2 Å². The fourth-order valence-corrected chi connectivity index (χ4v) is 4.96. The summed E-state index contributed by atoms with van der Waals surface area (Å²) >= 11 is 0. The fourth-order valence-electron chi connectivity index (χ4n) is 4.96. The molecule has 1 unspecified atom stereocenters. The Morgan fingerprint density at radius 1 is 1.11 bits per heavy atom. The van der Waals surface area contributed by atoms with Gasteiger partial charge in [0.2, 0.25) is 0 Å². The van der Waals surface area contributed by atoms with E-state index in [0.717, 1.165) is 56.3 Å². The van der Waals surface area contributed by atoms with Crippen molar-refractivity contribution in [3.8, 4) is 11.1 Å². The van der Waals surface area contributed by atoms with Gasteiger partial charge in [-0.15, -0.1) is 0 Å². The summed E-state index contributed by atoms with van der Waals surface area (Å²) in [5.74, 6) is 0.377. The number of nitrogens with two attached hydrogens (primary N) is 1. The summed E-state index contributed by atoms with van der Waals surface area (Å²) in [7, 11) is 0. The molecule has 2 fully saturated rings. The molecule has 1 saturated carbocycles. The van der Waals surface area contributed by atoms with Crippen molar-refractivity contribution >= 4 is 11.7 Å². The molecule has 37 heavy (non-hydrogen) atoms. The molecule has 1 saturated heterocycles. The van der Waals surface area contributed by atoms with Crippen LogP contribution in [0.3, 0.4) is 0 Å². The minimum absolute atomic E-state index is 0.0754. The lowest BCUT2D eigenvalue weighted by atomic mass is 9.95. The van der Waals surface area contributed by atoms with Gasteiger partial charge in [0, 0.05) is 30.9 Å². The lowest BCUT2D eigenvalue weighted by Gasteiger charge is -2.23. The van der Waals surface area contributed by atoms with Gasteiger partial charge in [-0.3, -0.25) is 4.79 Å². The third-order valence-electron chi connectivity index (χ3n) is 6.91. The largest absolute Gasteiger partial charge is 0.411 e. The van der Waals surface area contributed by atoms with Crippen molar-refractivity contribution in [2.45, 2.75) is 70.5 Å². The van der Waals surface area contributed by atoms with Crippen LogP contribution in [-0.4, -0.2) is 60.9 Å². The first-order valence-corrected chi connectivity index (χ1v) is 13.3. The summed E-state index contributed by atoms with van der Waals surface area (Å²) in [5.41, 5.74) is 9.38. The van der Waals surface area contributed by atoms with E-state index in [4.69, 9.17) is 10.5 Å². The Balaban J connectivity index is 0.00000186. The lowest BCUT2D eigenvalue weighted by molar-refractivity contribution is -0.174. The number of hydrogen-bond acceptors (Lipinski definition) is 5. The molecule has 0 radical (unpaired) electrons. The standard InChI is InChI=1S/C26H33F3N4O2.C2H6/c27-26(28,29)17-35-13-12-33-11-10-20(16-33)18-6-8-19(9-7-18)21-14-23(24(30)31-15-21)25(34)32-22-4-2-1-3-5-22;1-2/h6-9,14-15,20,22H,1-5,10-13,16-17H2,(H2,30,31)(H,32,34);1-2H3. The molecule has 3 N–H and O–H groups in total. The van der Waals surface area contributed by atoms with Crippen molar-refractivity contribution in [1.82, 2.24) is 15.2 Å². The summed E-state index contributed by atoms with van der Waals surface area (Å²) in [5, 5.41) is 3.10. The Morgan fingerprint density at radius 2 is 1.81 bits per heavy atom. The number of nitrogens with one attached hydrogen (secondary N) is 1. The predicted molar refractivity (Wildman–Crippen MR) is 140 cm³/mol. The number of nitrogens with zero attached hydrogens (tertiary/aromatic N) is 2. The molecular weight excluding hydrogens is 481 g/mol. The summed E-state index contributed by atoms with van der Waals surface area (Å²) in [6, 6.07) is 10.2. The molecule has 1 aliphatic heterocycles. The van der Waals surface area contributed by atoms with Gasteiger partial charge in [-0.25, -0.2) is 4.98 Å². The molecule has 1 aromatic heterocycles. The van der Waals surface area contributed by atoms with Gasteiger partial charge in [0.15, 0.2) is 0 Å². The van der Waals surface area contributed by atoms with Crippen LogP contribution in [0.15, 0.2) is 36.5 Å². The number of alkyl halides is 3. The maximum Gasteiger partial charge on any atom is 0.411 e. The van der Waals surface area contributed by atoms with Crippen molar-refractivity contribution in [2.24, 2.45) is 0 Å². The first kappa shape index (κ1) is 28.9. The predicted octanol–water partition coefficient (Wildman–Crippen LogP) is 5.79. The molecule has 4 rings (SSSR count). The second-order valence-corrected chi connectivity index (χ2v) is 9.54. The van der Waals surface area contributed by atoms with Gasteiger partial charge in [0.05, 0.1) is 12.2 Å². The summed E-state index contributed by atoms with van der Waals surface area (Å²) in [4.78, 5) is 19.2. The molecule has 0 bridgehead atoms. The van der Waals surface area contributed by atoms with E-state index in [1.807, 2.05) is 26.0 Å². The number of anilines is 1. The topological polar surface area (TPSA) is 80.5 Å². The number of carbonyl (C=O) groups excluding carboxylic acids is 1. The number of likely N-dealkylation sites (tertiary alicyclic amines) is 1. The number of pyridine rings is 1. The van der Waals surface area contributed by atoms with Crippen LogP contribution in [0.2, 0.25) is 0 Å². The molecular formula is C28H39F3N4O2. The summed E-state index contributed by atoms with van der Waals surface area (Å²) in [6.07, 6.45) is 3.84. The van der Waals surface area contributed by atoms with Crippen molar-refractivity contribution < 1.29 is 22.7 Å². The summed E-state index contributed by atoms with van der Waals surface area (Å²) < 4.78 is 41.3. The first-order chi connectivity index (χ1) is 17.8. The summed E-state index contributed by atoms with van der Waals surface area (Å²) in [6.45, 7) is 5.00. The van der Waals surface area contributed by atoms with Gasteiger partial charge in [-0.1, -0.05) is 57.4 Å². The van der Waals surface area contributed by atoms with E-state index in [0.29, 0.717) is 18.0 Å². The van der Waals surface area contributed by atoms with Crippen LogP contribution in [0.25, 0.3) is 11.1 Å². The molecule has 1 aliphatic carbocycles. The highest BCUT2D eigenvalue weighted by Gasteiger charge is 2.28. The average molecular weight is 521 g/mol. The number of aromatic nitrogens is 1. The van der Waals surface area contributed by atoms with Gasteiger partial charge >= 0.3 is 6.18 Å². The van der Waals surface area contributed by atoms with Crippen LogP contribution in [0.5, 0.6) is 0 Å². The Hall–Kier alpha value is -2.65. The third kappa shape index (κ3) is 8.71. The minimum atomic E-state index is -4.28. The van der Waals surface area contributed by atoms with Crippen molar-refractivity contribution in [3.05, 3.63) is 47.7 Å². The minimum Gasteiger partial charge on any atom is -0.383 e. The zero-order valence-corrected chi connectivity index (χ0v) is 21.8. The van der Waals surface area contributed by atoms with Crippen LogP contribution < -0.4 is 11.1 Å². The Bertz CT molecular complexity index is 992. The van der Waals surface area contributed by atoms with E-state index in [1.54, 1.807) is 12.3 Å². The van der Waals surface area contributed by atoms with Crippen molar-refractivity contribution in [3.63, 3.8) is 0 Å². The number of hydrogen-bond donors (Lipinski definition) is 2. The van der Waals surface area contributed by atoms with E-state index >= 15 is 0 Å². The smallest absolute Gasteiger partial charge is 0.383 e. The second-order valence-electron chi connectivity index (χ2n) is 9.54. The maximum atomic E-state index is 12.8. The van der Waals surface area contributed by atoms with E-state index in [9.17, 15) is 18.0 Å². The SMILES string of the molecule is CC.Nc1ncc(-c2ccc(C3CCN(CCOCC(F)(F)F)C3)cc2)cc1C(=O)NC1CCCCC1. The molecule has 1 amide bonds. The highest BCUT2D eigenvalue weighted by Crippen LogP contribution is 2.30. The monoisotopic (exact) mass is 520 g/mol. The van der Waals surface area contributed by atoms with Crippen LogP contribution in [0.4, 0.5) is 19.0 Å². The maximum absolute atomic E-state index is 12.8. The number of nitrogen functional groups attached to an aromatic ring is 1. The zero-order valence-electron chi connectivity index (χ0n) is 21.8. The molecule has 9 heteroatoms. The van der Waals surface area contributed by atoms with Crippen molar-refractivity contribution in [2.75, 3.05) is 38.6 Å². The normalized spacial score (nSPS) is 18.8. The Kier molecular flexibility index (Phi) is 10.8. The van der Waals surface area contributed by atoms with Gasteiger partial charge in [0.1, 0.15) is 12.4 Å². The molecule has 1 atom stereocenters. The molecule has 0 spiro atoms. The highest BCUT2D eigenvalue weighted by molar-refractivity contribution is 5.99. The number of rotatable bonds is 8. The number of halogens is 3. The van der Waals surface area contributed by atoms with Gasteiger partial charge in [-0.05, 0) is 48.9 Å². The Morgan fingerprint density at radius 3 is 2.49 bits per heavy atom. The second kappa shape index (κ2) is 13.8. The molecule has 204 valence electrons. The first-order valence-electron chi connectivity index (χ1n) is 13.3. The zero-order chi connectivity index (χ0) is 26.8. The van der Waals surface area contributed by atoms with Gasteiger partial charge in [-0.2, -0.15) is 13.2 Å². The molecule has 1 aromatic carbocycles. The van der Waals surface area contributed by atoms with Gasteiger partial charge < -0.3 is 20.7 Å². The number of benzene rings is 1. The number of carbonyl (C=O) groups is 1. The highest BCUT2D eigenvalue weighted by atomic mass is 19.4. The van der Waals surface area contributed by atoms with E-state index in [1.165, 1.54) is 12.0 Å². The molecule has 2 aliphatic rings.